The molecule has 4 rings (SSSR count). The van der Waals surface area contributed by atoms with Crippen molar-refractivity contribution in [2.24, 2.45) is 0 Å². The van der Waals surface area contributed by atoms with Crippen LogP contribution in [0.5, 0.6) is 0 Å². The van der Waals surface area contributed by atoms with Gasteiger partial charge < -0.3 is 20.7 Å². The second-order valence-corrected chi connectivity index (χ2v) is 9.15. The summed E-state index contributed by atoms with van der Waals surface area (Å²) in [5.41, 5.74) is 0.519. The maximum absolute atomic E-state index is 14.1. The highest BCUT2D eigenvalue weighted by Crippen LogP contribution is 2.27. The van der Waals surface area contributed by atoms with E-state index in [0.717, 1.165) is 51.4 Å². The summed E-state index contributed by atoms with van der Waals surface area (Å²) in [5.74, 6) is 0.243. The molecule has 2 saturated carbocycles. The molecule has 2 fully saturated rings. The number of carbonyl (C=O) groups is 1. The quantitative estimate of drug-likeness (QED) is 0.321. The first-order valence-corrected chi connectivity index (χ1v) is 11.8. The van der Waals surface area contributed by atoms with Crippen LogP contribution in [0.3, 0.4) is 0 Å². The summed E-state index contributed by atoms with van der Waals surface area (Å²) in [4.78, 5) is 22.0. The topological polar surface area (TPSA) is 112 Å². The Labute approximate surface area is 217 Å². The average Bonchev–Trinajstić information content (AvgIpc) is 2.80. The van der Waals surface area contributed by atoms with Crippen molar-refractivity contribution in [3.63, 3.8) is 0 Å². The predicted octanol–water partition coefficient (Wildman–Crippen LogP) is 4.61. The van der Waals surface area contributed by atoms with E-state index in [1.807, 2.05) is 0 Å². The Morgan fingerprint density at radius 2 is 1.71 bits per heavy atom. The van der Waals surface area contributed by atoms with E-state index in [4.69, 9.17) is 10.1 Å². The highest BCUT2D eigenvalue weighted by Gasteiger charge is 2.28. The van der Waals surface area contributed by atoms with Crippen LogP contribution in [0, 0.1) is 11.2 Å². The number of aromatic nitrogens is 2. The first kappa shape index (κ1) is 29.0. The molecule has 11 heteroatoms. The molecule has 0 spiro atoms. The Morgan fingerprint density at radius 1 is 1.03 bits per heavy atom. The van der Waals surface area contributed by atoms with Gasteiger partial charge in [-0.2, -0.15) is 0 Å². The van der Waals surface area contributed by atoms with E-state index in [1.165, 1.54) is 12.1 Å². The Hall–Kier alpha value is -2.23. The van der Waals surface area contributed by atoms with Crippen LogP contribution < -0.4 is 16.0 Å². The van der Waals surface area contributed by atoms with Crippen molar-refractivity contribution in [3.8, 4) is 0 Å². The minimum Gasteiger partial charge on any atom is -0.381 e. The van der Waals surface area contributed by atoms with Gasteiger partial charge in [-0.1, -0.05) is 12.8 Å². The molecule has 0 radical (unpaired) electrons. The number of hydrogen-bond donors (Lipinski definition) is 4. The third-order valence-corrected chi connectivity index (χ3v) is 6.69. The van der Waals surface area contributed by atoms with E-state index in [-0.39, 0.29) is 66.6 Å². The van der Waals surface area contributed by atoms with Crippen LogP contribution in [0.4, 0.5) is 10.2 Å². The number of ether oxygens (including phenoxy) is 1. The molecule has 2 atom stereocenters. The lowest BCUT2D eigenvalue weighted by Crippen LogP contribution is -2.48. The van der Waals surface area contributed by atoms with E-state index < -0.39 is 0 Å². The zero-order valence-electron chi connectivity index (χ0n) is 20.1. The van der Waals surface area contributed by atoms with Crippen molar-refractivity contribution in [1.29, 1.82) is 5.41 Å². The molecule has 35 heavy (non-hydrogen) atoms. The smallest absolute Gasteiger partial charge is 0.289 e. The number of benzene rings is 1. The number of methoxy groups -OCH3 is 1. The normalized spacial score (nSPS) is 24.0. The van der Waals surface area contributed by atoms with Crippen LogP contribution in [-0.4, -0.2) is 53.1 Å². The van der Waals surface area contributed by atoms with Crippen molar-refractivity contribution in [3.05, 3.63) is 29.8 Å². The molecular weight excluding hydrogens is 494 g/mol. The molecule has 1 aromatic carbocycles. The third kappa shape index (κ3) is 7.38. The summed E-state index contributed by atoms with van der Waals surface area (Å²) in [6.07, 6.45) is 7.76. The molecular formula is C24H35Cl2FN6O2. The molecule has 8 nitrogen and oxygen atoms in total. The lowest BCUT2D eigenvalue weighted by atomic mass is 9.90. The number of halogens is 3. The number of anilines is 1. The molecule has 2 aliphatic carbocycles. The molecule has 1 amide bonds. The van der Waals surface area contributed by atoms with Gasteiger partial charge in [-0.05, 0) is 63.6 Å². The largest absolute Gasteiger partial charge is 0.381 e. The standard InChI is InChI=1S/C24H33FN6O2.2ClH/c1-14(26)27-20-5-3-4-6-21(20)30-22-18-13-15(25)7-12-19(18)29-23(31-22)24(32)28-16-8-10-17(33-2)11-9-16;;/h7,12-13,16-17,20-21H,3-6,8-11H2,1-2H3,(H2,26,27)(H,28,32)(H,29,30,31);2*1H/t16-,17-,20-,21+;;/m1../s1. The molecule has 0 bridgehead atoms. The monoisotopic (exact) mass is 528 g/mol. The Bertz CT molecular complexity index is 1020. The summed E-state index contributed by atoms with van der Waals surface area (Å²) in [5, 5.41) is 18.1. The van der Waals surface area contributed by atoms with Gasteiger partial charge >= 0.3 is 0 Å². The van der Waals surface area contributed by atoms with Crippen LogP contribution in [-0.2, 0) is 4.74 Å². The summed E-state index contributed by atoms with van der Waals surface area (Å²) < 4.78 is 19.5. The highest BCUT2D eigenvalue weighted by atomic mass is 35.5. The van der Waals surface area contributed by atoms with Crippen LogP contribution in [0.2, 0.25) is 0 Å². The summed E-state index contributed by atoms with van der Waals surface area (Å²) in [7, 11) is 1.72. The van der Waals surface area contributed by atoms with Gasteiger partial charge in [0.2, 0.25) is 5.82 Å². The number of amides is 1. The second kappa shape index (κ2) is 13.2. The molecule has 1 heterocycles. The van der Waals surface area contributed by atoms with Gasteiger partial charge in [0.25, 0.3) is 5.91 Å². The molecule has 0 saturated heterocycles. The fraction of sp³-hybridized carbons (Fsp3) is 0.583. The molecule has 0 unspecified atom stereocenters. The Kier molecular flexibility index (Phi) is 10.9. The van der Waals surface area contributed by atoms with E-state index in [1.54, 1.807) is 20.1 Å². The number of amidine groups is 1. The number of nitrogens with zero attached hydrogens (tertiary/aromatic N) is 2. The van der Waals surface area contributed by atoms with Crippen LogP contribution in [0.1, 0.15) is 68.9 Å². The number of hydrogen-bond acceptors (Lipinski definition) is 6. The Balaban J connectivity index is 0.00000216. The van der Waals surface area contributed by atoms with Crippen molar-refractivity contribution < 1.29 is 13.9 Å². The van der Waals surface area contributed by atoms with Crippen LogP contribution in [0.15, 0.2) is 18.2 Å². The third-order valence-electron chi connectivity index (χ3n) is 6.69. The van der Waals surface area contributed by atoms with Gasteiger partial charge in [0, 0.05) is 30.6 Å². The number of nitrogens with one attached hydrogen (secondary N) is 4. The maximum atomic E-state index is 14.1. The SMILES string of the molecule is CO[C@H]1CC[C@H](NC(=O)c2nc(N[C@H]3CCCC[C@H]3NC(C)=N)c3cc(F)ccc3n2)CC1.Cl.Cl. The van der Waals surface area contributed by atoms with E-state index in [0.29, 0.717) is 22.6 Å². The predicted molar refractivity (Wildman–Crippen MR) is 141 cm³/mol. The number of carbonyl (C=O) groups excluding carboxylic acids is 1. The molecule has 2 aliphatic rings. The summed E-state index contributed by atoms with van der Waals surface area (Å²) in [6.45, 7) is 1.73. The van der Waals surface area contributed by atoms with Gasteiger partial charge in [-0.3, -0.25) is 10.2 Å². The highest BCUT2D eigenvalue weighted by molar-refractivity contribution is 5.96. The first-order chi connectivity index (χ1) is 15.9. The lowest BCUT2D eigenvalue weighted by molar-refractivity contribution is 0.0597. The van der Waals surface area contributed by atoms with Gasteiger partial charge in [0.15, 0.2) is 0 Å². The lowest BCUT2D eigenvalue weighted by Gasteiger charge is -2.33. The van der Waals surface area contributed by atoms with Gasteiger partial charge in [-0.25, -0.2) is 14.4 Å². The van der Waals surface area contributed by atoms with Crippen LogP contribution in [0.25, 0.3) is 10.9 Å². The zero-order chi connectivity index (χ0) is 23.4. The molecule has 4 N–H and O–H groups in total. The molecule has 194 valence electrons. The molecule has 2 aromatic rings. The fourth-order valence-corrected chi connectivity index (χ4v) is 4.94. The minimum atomic E-state index is -0.380. The van der Waals surface area contributed by atoms with Crippen molar-refractivity contribution in [2.75, 3.05) is 12.4 Å². The van der Waals surface area contributed by atoms with Crippen molar-refractivity contribution >= 4 is 53.3 Å². The Morgan fingerprint density at radius 3 is 2.37 bits per heavy atom. The van der Waals surface area contributed by atoms with Gasteiger partial charge in [0.05, 0.1) is 17.5 Å². The van der Waals surface area contributed by atoms with Crippen molar-refractivity contribution in [1.82, 2.24) is 20.6 Å². The van der Waals surface area contributed by atoms with Gasteiger partial charge in [-0.15, -0.1) is 24.8 Å². The fourth-order valence-electron chi connectivity index (χ4n) is 4.94. The minimum absolute atomic E-state index is 0. The molecule has 0 aliphatic heterocycles. The second-order valence-electron chi connectivity index (χ2n) is 9.15. The van der Waals surface area contributed by atoms with E-state index >= 15 is 0 Å². The van der Waals surface area contributed by atoms with E-state index in [9.17, 15) is 9.18 Å². The maximum Gasteiger partial charge on any atom is 0.289 e. The van der Waals surface area contributed by atoms with Crippen molar-refractivity contribution in [2.45, 2.75) is 82.5 Å². The van der Waals surface area contributed by atoms with Gasteiger partial charge in [0.1, 0.15) is 11.6 Å². The van der Waals surface area contributed by atoms with E-state index in [2.05, 4.69) is 25.9 Å². The average molecular weight is 529 g/mol. The number of fused-ring (bicyclic) bond motifs is 1. The summed E-state index contributed by atoms with van der Waals surface area (Å²) in [6, 6.07) is 4.48. The summed E-state index contributed by atoms with van der Waals surface area (Å²) >= 11 is 0. The zero-order valence-corrected chi connectivity index (χ0v) is 21.7. The van der Waals surface area contributed by atoms with Crippen LogP contribution >= 0.6 is 24.8 Å². The number of rotatable bonds is 6. The first-order valence-electron chi connectivity index (χ1n) is 11.8. The molecule has 1 aromatic heterocycles.